The number of benzene rings is 1. The number of carbonyl (C=O) groups is 1. The minimum atomic E-state index is -0.258. The minimum Gasteiger partial charge on any atom is -0.343 e. The van der Waals surface area contributed by atoms with E-state index in [2.05, 4.69) is 20.3 Å². The molecule has 3 aromatic rings. The standard InChI is InChI=1S/C18H19FN6OS.ClH/c19-14-3-1-12(2-4-14)15-11-25-17(21-15)27-18(22-25)24-7-5-23(6-8-24)16(26)13-9-20-10-13;/h1-4,11,13,20H,5-10H2;1H. The van der Waals surface area contributed by atoms with Crippen molar-refractivity contribution in [1.82, 2.24) is 24.8 Å². The zero-order chi connectivity index (χ0) is 18.4. The van der Waals surface area contributed by atoms with Gasteiger partial charge >= 0.3 is 0 Å². The minimum absolute atomic E-state index is 0. The highest BCUT2D eigenvalue weighted by Crippen LogP contribution is 2.27. The lowest BCUT2D eigenvalue weighted by molar-refractivity contribution is -0.137. The summed E-state index contributed by atoms with van der Waals surface area (Å²) in [4.78, 5) is 21.9. The Balaban J connectivity index is 0.00000192. The van der Waals surface area contributed by atoms with Gasteiger partial charge in [-0.3, -0.25) is 4.79 Å². The Kier molecular flexibility index (Phi) is 5.22. The van der Waals surface area contributed by atoms with Crippen LogP contribution in [0.25, 0.3) is 16.2 Å². The average molecular weight is 423 g/mol. The molecule has 4 heterocycles. The van der Waals surface area contributed by atoms with Crippen LogP contribution < -0.4 is 10.2 Å². The number of halogens is 2. The van der Waals surface area contributed by atoms with Gasteiger partial charge in [-0.15, -0.1) is 17.5 Å². The summed E-state index contributed by atoms with van der Waals surface area (Å²) in [6.07, 6.45) is 1.87. The molecule has 28 heavy (non-hydrogen) atoms. The van der Waals surface area contributed by atoms with Crippen LogP contribution in [0.5, 0.6) is 0 Å². The van der Waals surface area contributed by atoms with E-state index >= 15 is 0 Å². The number of piperazine rings is 1. The van der Waals surface area contributed by atoms with Gasteiger partial charge in [0.2, 0.25) is 16.0 Å². The Bertz CT molecular complexity index is 946. The fourth-order valence-electron chi connectivity index (χ4n) is 3.42. The molecule has 2 aromatic heterocycles. The first-order chi connectivity index (χ1) is 13.2. The van der Waals surface area contributed by atoms with Crippen molar-refractivity contribution in [2.75, 3.05) is 44.2 Å². The molecule has 2 fully saturated rings. The highest BCUT2D eigenvalue weighted by atomic mass is 35.5. The van der Waals surface area contributed by atoms with Crippen molar-refractivity contribution in [3.05, 3.63) is 36.3 Å². The van der Waals surface area contributed by atoms with Gasteiger partial charge < -0.3 is 15.1 Å². The maximum atomic E-state index is 13.1. The summed E-state index contributed by atoms with van der Waals surface area (Å²) in [5, 5.41) is 8.71. The number of imidazole rings is 1. The average Bonchev–Trinajstić information content (AvgIpc) is 3.20. The van der Waals surface area contributed by atoms with Crippen LogP contribution in [0.15, 0.2) is 30.5 Å². The zero-order valence-corrected chi connectivity index (χ0v) is 16.7. The number of nitrogens with zero attached hydrogens (tertiary/aromatic N) is 5. The number of hydrogen-bond acceptors (Lipinski definition) is 6. The molecule has 1 amide bonds. The third-order valence-corrected chi connectivity index (χ3v) is 6.15. The third kappa shape index (κ3) is 3.45. The van der Waals surface area contributed by atoms with Gasteiger partial charge in [-0.1, -0.05) is 11.3 Å². The van der Waals surface area contributed by atoms with Gasteiger partial charge in [-0.25, -0.2) is 13.9 Å². The summed E-state index contributed by atoms with van der Waals surface area (Å²) in [6.45, 7) is 4.65. The lowest BCUT2D eigenvalue weighted by Gasteiger charge is -2.38. The van der Waals surface area contributed by atoms with Crippen LogP contribution in [-0.2, 0) is 4.79 Å². The van der Waals surface area contributed by atoms with Crippen LogP contribution in [0.2, 0.25) is 0 Å². The highest BCUT2D eigenvalue weighted by molar-refractivity contribution is 7.20. The zero-order valence-electron chi connectivity index (χ0n) is 15.0. The summed E-state index contributed by atoms with van der Waals surface area (Å²) in [7, 11) is 0. The molecule has 0 spiro atoms. The Morgan fingerprint density at radius 2 is 1.86 bits per heavy atom. The lowest BCUT2D eigenvalue weighted by Crippen LogP contribution is -2.56. The van der Waals surface area contributed by atoms with Gasteiger partial charge in [0, 0.05) is 44.8 Å². The predicted octanol–water partition coefficient (Wildman–Crippen LogP) is 1.89. The topological polar surface area (TPSA) is 65.8 Å². The predicted molar refractivity (Wildman–Crippen MR) is 109 cm³/mol. The highest BCUT2D eigenvalue weighted by Gasteiger charge is 2.31. The molecule has 0 unspecified atom stereocenters. The second-order valence-electron chi connectivity index (χ2n) is 6.91. The number of hydrogen-bond donors (Lipinski definition) is 1. The fourth-order valence-corrected chi connectivity index (χ4v) is 4.35. The van der Waals surface area contributed by atoms with Gasteiger partial charge in [0.1, 0.15) is 5.82 Å². The van der Waals surface area contributed by atoms with Crippen molar-refractivity contribution < 1.29 is 9.18 Å². The quantitative estimate of drug-likeness (QED) is 0.698. The molecule has 1 aromatic carbocycles. The first-order valence-corrected chi connectivity index (χ1v) is 9.85. The fraction of sp³-hybridized carbons (Fsp3) is 0.389. The van der Waals surface area contributed by atoms with Crippen LogP contribution in [0.4, 0.5) is 9.52 Å². The van der Waals surface area contributed by atoms with E-state index in [0.29, 0.717) is 0 Å². The Morgan fingerprint density at radius 1 is 1.14 bits per heavy atom. The maximum absolute atomic E-state index is 13.1. The van der Waals surface area contributed by atoms with Crippen molar-refractivity contribution in [2.24, 2.45) is 5.92 Å². The molecule has 2 aliphatic rings. The summed E-state index contributed by atoms with van der Waals surface area (Å²) in [6, 6.07) is 6.30. The molecule has 5 rings (SSSR count). The SMILES string of the molecule is Cl.O=C(C1CNC1)N1CCN(c2nn3cc(-c4ccc(F)cc4)nc3s2)CC1. The molecule has 10 heteroatoms. The van der Waals surface area contributed by atoms with E-state index in [-0.39, 0.29) is 30.0 Å². The van der Waals surface area contributed by atoms with Gasteiger partial charge in [0.25, 0.3) is 0 Å². The number of fused-ring (bicyclic) bond motifs is 1. The summed E-state index contributed by atoms with van der Waals surface area (Å²) in [5.74, 6) is 0.169. The van der Waals surface area contributed by atoms with E-state index in [1.807, 2.05) is 11.1 Å². The first-order valence-electron chi connectivity index (χ1n) is 9.04. The Labute approximate surface area is 171 Å². The van der Waals surface area contributed by atoms with Crippen LogP contribution in [0.3, 0.4) is 0 Å². The van der Waals surface area contributed by atoms with Crippen molar-refractivity contribution in [2.45, 2.75) is 0 Å². The van der Waals surface area contributed by atoms with E-state index < -0.39 is 0 Å². The van der Waals surface area contributed by atoms with Crippen LogP contribution in [0, 0.1) is 11.7 Å². The normalized spacial score (nSPS) is 17.5. The van der Waals surface area contributed by atoms with Crippen LogP contribution >= 0.6 is 23.7 Å². The molecule has 7 nitrogen and oxygen atoms in total. The smallest absolute Gasteiger partial charge is 0.228 e. The maximum Gasteiger partial charge on any atom is 0.228 e. The molecule has 0 aliphatic carbocycles. The number of nitrogens with one attached hydrogen (secondary N) is 1. The van der Waals surface area contributed by atoms with E-state index in [0.717, 1.165) is 60.6 Å². The van der Waals surface area contributed by atoms with Crippen LogP contribution in [0.1, 0.15) is 0 Å². The molecule has 1 N–H and O–H groups in total. The van der Waals surface area contributed by atoms with E-state index in [1.165, 1.54) is 23.5 Å². The summed E-state index contributed by atoms with van der Waals surface area (Å²) in [5.41, 5.74) is 1.65. The van der Waals surface area contributed by atoms with Gasteiger partial charge in [0.15, 0.2) is 0 Å². The van der Waals surface area contributed by atoms with Crippen molar-refractivity contribution in [3.63, 3.8) is 0 Å². The van der Waals surface area contributed by atoms with Crippen molar-refractivity contribution >= 4 is 39.7 Å². The summed E-state index contributed by atoms with van der Waals surface area (Å²) < 4.78 is 14.9. The number of rotatable bonds is 3. The molecule has 0 bridgehead atoms. The molecule has 0 saturated carbocycles. The Hall–Kier alpha value is -2.23. The lowest BCUT2D eigenvalue weighted by atomic mass is 10.0. The molecule has 148 valence electrons. The Morgan fingerprint density at radius 3 is 2.46 bits per heavy atom. The van der Waals surface area contributed by atoms with Crippen molar-refractivity contribution in [3.8, 4) is 11.3 Å². The molecule has 0 radical (unpaired) electrons. The summed E-state index contributed by atoms with van der Waals surface area (Å²) >= 11 is 1.53. The van der Waals surface area contributed by atoms with Gasteiger partial charge in [-0.05, 0) is 24.3 Å². The number of aromatic nitrogens is 3. The second-order valence-corrected chi connectivity index (χ2v) is 7.85. The molecule has 2 saturated heterocycles. The number of amides is 1. The van der Waals surface area contributed by atoms with Gasteiger partial charge in [-0.2, -0.15) is 0 Å². The third-order valence-electron chi connectivity index (χ3n) is 5.17. The van der Waals surface area contributed by atoms with E-state index in [1.54, 1.807) is 16.6 Å². The van der Waals surface area contributed by atoms with Gasteiger partial charge in [0.05, 0.1) is 17.8 Å². The van der Waals surface area contributed by atoms with E-state index in [4.69, 9.17) is 0 Å². The second kappa shape index (κ2) is 7.65. The molecule has 0 atom stereocenters. The largest absolute Gasteiger partial charge is 0.343 e. The van der Waals surface area contributed by atoms with E-state index in [9.17, 15) is 9.18 Å². The molecular formula is C18H20ClFN6OS. The first kappa shape index (κ1) is 19.1. The number of carbonyl (C=O) groups excluding carboxylic acids is 1. The van der Waals surface area contributed by atoms with Crippen LogP contribution in [-0.4, -0.2) is 64.7 Å². The number of anilines is 1. The molecular weight excluding hydrogens is 403 g/mol. The van der Waals surface area contributed by atoms with Crippen molar-refractivity contribution in [1.29, 1.82) is 0 Å². The molecule has 2 aliphatic heterocycles. The monoisotopic (exact) mass is 422 g/mol.